The molecule has 2 aromatic rings. The normalized spacial score (nSPS) is 9.57. The number of rotatable bonds is 4. The molecule has 1 aromatic carbocycles. The number of nitrogens with zero attached hydrogens (tertiary/aromatic N) is 1. The second-order valence-electron chi connectivity index (χ2n) is 4.05. The van der Waals surface area contributed by atoms with Gasteiger partial charge >= 0.3 is 0 Å². The summed E-state index contributed by atoms with van der Waals surface area (Å²) in [5.74, 6) is 3.12. The Morgan fingerprint density at radius 2 is 2.05 bits per heavy atom. The maximum absolute atomic E-state index is 12.1. The maximum atomic E-state index is 12.1. The minimum Gasteiger partial charge on any atom is -0.481 e. The van der Waals surface area contributed by atoms with Crippen LogP contribution in [0.3, 0.4) is 0 Å². The van der Waals surface area contributed by atoms with Crippen LogP contribution in [-0.4, -0.2) is 11.2 Å². The van der Waals surface area contributed by atoms with Crippen molar-refractivity contribution in [2.45, 2.75) is 13.5 Å². The SMILES string of the molecule is C#CCOc1ccc(-c2[c-]cc(Br)c(=O)n2CC)cc1.[Y]. The van der Waals surface area contributed by atoms with E-state index in [1.54, 1.807) is 10.6 Å². The first-order chi connectivity index (χ1) is 9.67. The zero-order chi connectivity index (χ0) is 14.5. The predicted octanol–water partition coefficient (Wildman–Crippen LogP) is 3.11. The van der Waals surface area contributed by atoms with Gasteiger partial charge < -0.3 is 9.30 Å². The van der Waals surface area contributed by atoms with Crippen LogP contribution in [0.2, 0.25) is 0 Å². The van der Waals surface area contributed by atoms with Crippen molar-refractivity contribution in [2.75, 3.05) is 6.61 Å². The minimum absolute atomic E-state index is 0. The van der Waals surface area contributed by atoms with Crippen LogP contribution >= 0.6 is 15.9 Å². The van der Waals surface area contributed by atoms with Crippen molar-refractivity contribution < 1.29 is 37.4 Å². The van der Waals surface area contributed by atoms with Gasteiger partial charge in [0.05, 0.1) is 0 Å². The summed E-state index contributed by atoms with van der Waals surface area (Å²) in [5.41, 5.74) is 1.60. The zero-order valence-corrected chi connectivity index (χ0v) is 16.0. The number of benzene rings is 1. The molecule has 0 aliphatic rings. The van der Waals surface area contributed by atoms with Gasteiger partial charge in [-0.3, -0.25) is 4.79 Å². The van der Waals surface area contributed by atoms with Gasteiger partial charge in [0.2, 0.25) is 5.56 Å². The average molecular weight is 420 g/mol. The van der Waals surface area contributed by atoms with Crippen LogP contribution in [-0.2, 0) is 39.3 Å². The molecule has 0 fully saturated rings. The standard InChI is InChI=1S/C16H13BrNO2.Y/c1-3-11-20-13-7-5-12(6-8-13)15-10-9-14(17)16(19)18(15)4-2;/h1,5-9H,4,11H2,2H3;/q-1;. The van der Waals surface area contributed by atoms with E-state index in [-0.39, 0.29) is 44.9 Å². The Morgan fingerprint density at radius 1 is 1.38 bits per heavy atom. The molecule has 0 saturated heterocycles. The average Bonchev–Trinajstić information content (AvgIpc) is 2.48. The minimum atomic E-state index is -0.0612. The number of hydrogen-bond acceptors (Lipinski definition) is 2. The molecule has 0 unspecified atom stereocenters. The first-order valence-corrected chi connectivity index (χ1v) is 6.94. The molecule has 0 atom stereocenters. The summed E-state index contributed by atoms with van der Waals surface area (Å²) >= 11 is 3.23. The summed E-state index contributed by atoms with van der Waals surface area (Å²) in [6, 6.07) is 12.2. The molecular formula is C16H13BrNO2Y-. The van der Waals surface area contributed by atoms with Crippen LogP contribution in [0.1, 0.15) is 6.92 Å². The van der Waals surface area contributed by atoms with E-state index < -0.39 is 0 Å². The summed E-state index contributed by atoms with van der Waals surface area (Å²) in [4.78, 5) is 12.1. The topological polar surface area (TPSA) is 31.2 Å². The van der Waals surface area contributed by atoms with Gasteiger partial charge in [0.25, 0.3) is 0 Å². The first-order valence-electron chi connectivity index (χ1n) is 6.15. The summed E-state index contributed by atoms with van der Waals surface area (Å²) < 4.78 is 7.50. The van der Waals surface area contributed by atoms with Crippen molar-refractivity contribution in [1.82, 2.24) is 4.57 Å². The Hall–Kier alpha value is -0.886. The Morgan fingerprint density at radius 3 is 2.62 bits per heavy atom. The smallest absolute Gasteiger partial charge is 0.208 e. The number of terminal acetylenes is 1. The van der Waals surface area contributed by atoms with Crippen molar-refractivity contribution in [1.29, 1.82) is 0 Å². The fourth-order valence-corrected chi connectivity index (χ4v) is 2.21. The van der Waals surface area contributed by atoms with Crippen molar-refractivity contribution in [3.05, 3.63) is 51.2 Å². The second kappa shape index (κ2) is 8.53. The van der Waals surface area contributed by atoms with Gasteiger partial charge in [-0.15, -0.1) is 34.5 Å². The van der Waals surface area contributed by atoms with Gasteiger partial charge in [-0.1, -0.05) is 17.2 Å². The summed E-state index contributed by atoms with van der Waals surface area (Å²) in [6.07, 6.45) is 5.14. The fourth-order valence-electron chi connectivity index (χ4n) is 1.88. The van der Waals surface area contributed by atoms with E-state index in [0.29, 0.717) is 16.8 Å². The van der Waals surface area contributed by atoms with Gasteiger partial charge in [0, 0.05) is 39.3 Å². The van der Waals surface area contributed by atoms with Crippen molar-refractivity contribution >= 4 is 15.9 Å². The third-order valence-electron chi connectivity index (χ3n) is 2.82. The number of aromatic nitrogens is 1. The van der Waals surface area contributed by atoms with E-state index in [1.807, 2.05) is 31.2 Å². The van der Waals surface area contributed by atoms with Gasteiger partial charge in [0.15, 0.2) is 0 Å². The maximum Gasteiger partial charge on any atom is 0.208 e. The van der Waals surface area contributed by atoms with Gasteiger partial charge in [0.1, 0.15) is 12.4 Å². The second-order valence-corrected chi connectivity index (χ2v) is 4.91. The molecule has 105 valence electrons. The molecule has 5 heteroatoms. The Kier molecular flexibility index (Phi) is 7.38. The molecule has 0 aliphatic heterocycles. The molecule has 21 heavy (non-hydrogen) atoms. The molecule has 0 N–H and O–H groups in total. The van der Waals surface area contributed by atoms with E-state index in [2.05, 4.69) is 27.9 Å². The van der Waals surface area contributed by atoms with Gasteiger partial charge in [-0.05, 0) is 23.5 Å². The van der Waals surface area contributed by atoms with E-state index in [1.165, 1.54) is 0 Å². The number of halogens is 1. The van der Waals surface area contributed by atoms with E-state index in [4.69, 9.17) is 11.2 Å². The molecule has 1 heterocycles. The first kappa shape index (κ1) is 18.2. The third-order valence-corrected chi connectivity index (χ3v) is 3.39. The van der Waals surface area contributed by atoms with Gasteiger partial charge in [-0.25, -0.2) is 0 Å². The van der Waals surface area contributed by atoms with Crippen molar-refractivity contribution in [3.8, 4) is 29.4 Å². The molecule has 0 spiro atoms. The molecule has 0 aliphatic carbocycles. The predicted molar refractivity (Wildman–Crippen MR) is 82.7 cm³/mol. The largest absolute Gasteiger partial charge is 0.481 e. The van der Waals surface area contributed by atoms with Crippen molar-refractivity contribution in [2.24, 2.45) is 0 Å². The molecule has 1 radical (unpaired) electrons. The van der Waals surface area contributed by atoms with Crippen LogP contribution in [0.25, 0.3) is 11.3 Å². The van der Waals surface area contributed by atoms with Crippen LogP contribution in [0.5, 0.6) is 5.75 Å². The molecular weight excluding hydrogens is 407 g/mol. The third kappa shape index (κ3) is 4.29. The molecule has 0 bridgehead atoms. The quantitative estimate of drug-likeness (QED) is 0.563. The van der Waals surface area contributed by atoms with Crippen molar-refractivity contribution in [3.63, 3.8) is 0 Å². The van der Waals surface area contributed by atoms with Crippen LogP contribution in [0.15, 0.2) is 39.6 Å². The van der Waals surface area contributed by atoms with Crippen LogP contribution in [0, 0.1) is 18.4 Å². The van der Waals surface area contributed by atoms with E-state index >= 15 is 0 Å². The number of hydrogen-bond donors (Lipinski definition) is 0. The summed E-state index contributed by atoms with van der Waals surface area (Å²) in [6.45, 7) is 2.75. The number of pyridine rings is 1. The monoisotopic (exact) mass is 419 g/mol. The molecule has 3 nitrogen and oxygen atoms in total. The molecule has 2 rings (SSSR count). The zero-order valence-electron chi connectivity index (χ0n) is 11.6. The molecule has 0 saturated carbocycles. The van der Waals surface area contributed by atoms with E-state index in [0.717, 1.165) is 11.3 Å². The van der Waals surface area contributed by atoms with Crippen LogP contribution in [0.4, 0.5) is 0 Å². The Balaban J connectivity index is 0.00000220. The summed E-state index contributed by atoms with van der Waals surface area (Å²) in [7, 11) is 0. The molecule has 1 aromatic heterocycles. The Labute approximate surface area is 157 Å². The fraction of sp³-hybridized carbons (Fsp3) is 0.188. The van der Waals surface area contributed by atoms with Gasteiger partial charge in [-0.2, -0.15) is 12.1 Å². The summed E-state index contributed by atoms with van der Waals surface area (Å²) in [5, 5.41) is 0. The molecule has 0 amide bonds. The van der Waals surface area contributed by atoms with E-state index in [9.17, 15) is 4.79 Å². The number of ether oxygens (including phenoxy) is 1. The Bertz CT molecular complexity index is 702. The van der Waals surface area contributed by atoms with Crippen LogP contribution < -0.4 is 10.3 Å².